The first-order valence-corrected chi connectivity index (χ1v) is 6.97. The lowest BCUT2D eigenvalue weighted by Gasteiger charge is -2.34. The second-order valence-electron chi connectivity index (χ2n) is 5.79. The van der Waals surface area contributed by atoms with Gasteiger partial charge in [-0.2, -0.15) is 0 Å². The zero-order valence-corrected chi connectivity index (χ0v) is 10.7. The second kappa shape index (κ2) is 4.87. The van der Waals surface area contributed by atoms with Crippen LogP contribution in [0.1, 0.15) is 58.8 Å². The predicted molar refractivity (Wildman–Crippen MR) is 66.4 cm³/mol. The van der Waals surface area contributed by atoms with Gasteiger partial charge in [0.05, 0.1) is 5.54 Å². The van der Waals surface area contributed by atoms with E-state index in [1.807, 2.05) is 0 Å². The molecule has 1 atom stereocenters. The Labute approximate surface area is 99.2 Å². The Bertz CT molecular complexity index is 247. The lowest BCUT2D eigenvalue weighted by Crippen LogP contribution is -2.50. The molecule has 2 nitrogen and oxygen atoms in total. The molecule has 1 saturated heterocycles. The molecule has 1 N–H and O–H groups in total. The van der Waals surface area contributed by atoms with Gasteiger partial charge in [0, 0.05) is 5.92 Å². The smallest absolute Gasteiger partial charge is 0.155 e. The predicted octanol–water partition coefficient (Wildman–Crippen LogP) is 2.91. The molecule has 1 saturated carbocycles. The minimum Gasteiger partial charge on any atom is -0.305 e. The number of hydrogen-bond donors (Lipinski definition) is 1. The van der Waals surface area contributed by atoms with Gasteiger partial charge < -0.3 is 5.32 Å². The number of carbonyl (C=O) groups excluding carboxylic acids is 1. The van der Waals surface area contributed by atoms with Gasteiger partial charge in [-0.1, -0.05) is 26.7 Å². The van der Waals surface area contributed by atoms with Gasteiger partial charge in [0.25, 0.3) is 0 Å². The number of ketones is 1. The van der Waals surface area contributed by atoms with E-state index in [0.29, 0.717) is 11.7 Å². The fourth-order valence-corrected chi connectivity index (χ4v) is 3.41. The van der Waals surface area contributed by atoms with E-state index in [0.717, 1.165) is 38.1 Å². The van der Waals surface area contributed by atoms with Crippen LogP contribution in [0.25, 0.3) is 0 Å². The van der Waals surface area contributed by atoms with Crippen molar-refractivity contribution in [3.63, 3.8) is 0 Å². The number of carbonyl (C=O) groups is 1. The van der Waals surface area contributed by atoms with Gasteiger partial charge >= 0.3 is 0 Å². The molecular weight excluding hydrogens is 198 g/mol. The van der Waals surface area contributed by atoms with Crippen molar-refractivity contribution in [2.75, 3.05) is 6.54 Å². The maximum Gasteiger partial charge on any atom is 0.155 e. The monoisotopic (exact) mass is 223 g/mol. The summed E-state index contributed by atoms with van der Waals surface area (Å²) in [7, 11) is 0. The molecule has 0 amide bonds. The molecular formula is C14H25NO. The summed E-state index contributed by atoms with van der Waals surface area (Å²) in [5.41, 5.74) is -0.148. The molecule has 2 heteroatoms. The molecule has 0 spiro atoms. The SMILES string of the molecule is CCC1(C(=O)C2CCC(C)CC2)CCCN1. The highest BCUT2D eigenvalue weighted by atomic mass is 16.1. The van der Waals surface area contributed by atoms with Crippen LogP contribution in [0.15, 0.2) is 0 Å². The lowest BCUT2D eigenvalue weighted by atomic mass is 9.74. The molecule has 2 aliphatic rings. The van der Waals surface area contributed by atoms with Gasteiger partial charge in [-0.15, -0.1) is 0 Å². The van der Waals surface area contributed by atoms with Crippen molar-refractivity contribution in [2.45, 2.75) is 64.3 Å². The van der Waals surface area contributed by atoms with Gasteiger partial charge in [0.1, 0.15) is 0 Å². The number of Topliss-reactive ketones (excluding diaryl/α,β-unsaturated/α-hetero) is 1. The van der Waals surface area contributed by atoms with Gasteiger partial charge in [-0.3, -0.25) is 4.79 Å². The highest BCUT2D eigenvalue weighted by Crippen LogP contribution is 2.35. The first kappa shape index (κ1) is 12.1. The summed E-state index contributed by atoms with van der Waals surface area (Å²) in [6.45, 7) is 5.49. The van der Waals surface area contributed by atoms with Crippen LogP contribution in [0.5, 0.6) is 0 Å². The molecule has 0 radical (unpaired) electrons. The third-order valence-electron chi connectivity index (χ3n) is 4.71. The topological polar surface area (TPSA) is 29.1 Å². The van der Waals surface area contributed by atoms with E-state index < -0.39 is 0 Å². The molecule has 2 fully saturated rings. The molecule has 1 heterocycles. The van der Waals surface area contributed by atoms with Crippen molar-refractivity contribution < 1.29 is 4.79 Å². The molecule has 0 aromatic rings. The Kier molecular flexibility index (Phi) is 3.68. The summed E-state index contributed by atoms with van der Waals surface area (Å²) >= 11 is 0. The molecule has 16 heavy (non-hydrogen) atoms. The molecule has 1 aliphatic carbocycles. The minimum atomic E-state index is -0.148. The maximum atomic E-state index is 12.6. The minimum absolute atomic E-state index is 0.148. The average Bonchev–Trinajstić information content (AvgIpc) is 2.79. The first-order chi connectivity index (χ1) is 7.68. The number of hydrogen-bond acceptors (Lipinski definition) is 2. The van der Waals surface area contributed by atoms with Crippen LogP contribution in [0, 0.1) is 11.8 Å². The maximum absolute atomic E-state index is 12.6. The van der Waals surface area contributed by atoms with Crippen molar-refractivity contribution in [1.82, 2.24) is 5.32 Å². The van der Waals surface area contributed by atoms with E-state index in [-0.39, 0.29) is 5.54 Å². The summed E-state index contributed by atoms with van der Waals surface area (Å²) < 4.78 is 0. The van der Waals surface area contributed by atoms with E-state index in [2.05, 4.69) is 19.2 Å². The molecule has 0 aromatic carbocycles. The summed E-state index contributed by atoms with van der Waals surface area (Å²) in [6.07, 6.45) is 7.95. The average molecular weight is 223 g/mol. The Morgan fingerprint density at radius 2 is 2.00 bits per heavy atom. The summed E-state index contributed by atoms with van der Waals surface area (Å²) in [6, 6.07) is 0. The fraction of sp³-hybridized carbons (Fsp3) is 0.929. The van der Waals surface area contributed by atoms with Crippen LogP contribution >= 0.6 is 0 Å². The van der Waals surface area contributed by atoms with Crippen molar-refractivity contribution in [3.8, 4) is 0 Å². The molecule has 1 unspecified atom stereocenters. The molecule has 0 aromatic heterocycles. The quantitative estimate of drug-likeness (QED) is 0.797. The zero-order chi connectivity index (χ0) is 11.6. The van der Waals surface area contributed by atoms with E-state index in [1.54, 1.807) is 0 Å². The van der Waals surface area contributed by atoms with Crippen LogP contribution in [-0.4, -0.2) is 17.9 Å². The number of nitrogens with one attached hydrogen (secondary N) is 1. The molecule has 1 aliphatic heterocycles. The Balaban J connectivity index is 2.00. The van der Waals surface area contributed by atoms with Crippen LogP contribution in [0.2, 0.25) is 0 Å². The van der Waals surface area contributed by atoms with Crippen LogP contribution < -0.4 is 5.32 Å². The Morgan fingerprint density at radius 1 is 1.31 bits per heavy atom. The molecule has 92 valence electrons. The highest BCUT2D eigenvalue weighted by molar-refractivity contribution is 5.90. The van der Waals surface area contributed by atoms with Crippen molar-refractivity contribution in [1.29, 1.82) is 0 Å². The molecule has 2 rings (SSSR count). The van der Waals surface area contributed by atoms with Crippen molar-refractivity contribution in [2.24, 2.45) is 11.8 Å². The first-order valence-electron chi connectivity index (χ1n) is 6.97. The Hall–Kier alpha value is -0.370. The summed E-state index contributed by atoms with van der Waals surface area (Å²) in [5.74, 6) is 1.71. The van der Waals surface area contributed by atoms with Crippen LogP contribution in [0.4, 0.5) is 0 Å². The van der Waals surface area contributed by atoms with Gasteiger partial charge in [-0.05, 0) is 44.6 Å². The second-order valence-corrected chi connectivity index (χ2v) is 5.79. The standard InChI is InChI=1S/C14H25NO/c1-3-14(9-4-10-15-14)13(16)12-7-5-11(2)6-8-12/h11-12,15H,3-10H2,1-2H3. The summed E-state index contributed by atoms with van der Waals surface area (Å²) in [4.78, 5) is 12.6. The van der Waals surface area contributed by atoms with Crippen LogP contribution in [-0.2, 0) is 4.79 Å². The largest absolute Gasteiger partial charge is 0.305 e. The van der Waals surface area contributed by atoms with Gasteiger partial charge in [-0.25, -0.2) is 0 Å². The number of rotatable bonds is 3. The van der Waals surface area contributed by atoms with Crippen molar-refractivity contribution >= 4 is 5.78 Å². The fourth-order valence-electron chi connectivity index (χ4n) is 3.41. The summed E-state index contributed by atoms with van der Waals surface area (Å²) in [5, 5.41) is 3.48. The van der Waals surface area contributed by atoms with Gasteiger partial charge in [0.15, 0.2) is 5.78 Å². The van der Waals surface area contributed by atoms with Crippen molar-refractivity contribution in [3.05, 3.63) is 0 Å². The third kappa shape index (κ3) is 2.17. The normalized spacial score (nSPS) is 39.9. The van der Waals surface area contributed by atoms with E-state index in [9.17, 15) is 4.79 Å². The van der Waals surface area contributed by atoms with E-state index in [1.165, 1.54) is 19.3 Å². The van der Waals surface area contributed by atoms with Gasteiger partial charge in [0.2, 0.25) is 0 Å². The molecule has 0 bridgehead atoms. The lowest BCUT2D eigenvalue weighted by molar-refractivity contribution is -0.130. The zero-order valence-electron chi connectivity index (χ0n) is 10.7. The van der Waals surface area contributed by atoms with Crippen LogP contribution in [0.3, 0.4) is 0 Å². The Morgan fingerprint density at radius 3 is 2.50 bits per heavy atom. The highest BCUT2D eigenvalue weighted by Gasteiger charge is 2.42. The van der Waals surface area contributed by atoms with E-state index in [4.69, 9.17) is 0 Å². The third-order valence-corrected chi connectivity index (χ3v) is 4.71. The van der Waals surface area contributed by atoms with E-state index >= 15 is 0 Å².